The van der Waals surface area contributed by atoms with E-state index in [1.807, 2.05) is 0 Å². The molecule has 0 spiro atoms. The maximum Gasteiger partial charge on any atom is 0.395 e. The van der Waals surface area contributed by atoms with Crippen molar-refractivity contribution < 1.29 is 21.6 Å². The highest BCUT2D eigenvalue weighted by Gasteiger charge is 2.37. The fourth-order valence-corrected chi connectivity index (χ4v) is 4.42. The van der Waals surface area contributed by atoms with Crippen LogP contribution in [-0.2, 0) is 10.0 Å². The summed E-state index contributed by atoms with van der Waals surface area (Å²) in [6, 6.07) is 8.48. The van der Waals surface area contributed by atoms with Crippen LogP contribution < -0.4 is 14.9 Å². The first-order chi connectivity index (χ1) is 14.0. The van der Waals surface area contributed by atoms with E-state index in [0.717, 1.165) is 32.4 Å². The highest BCUT2D eigenvalue weighted by Crippen LogP contribution is 2.34. The van der Waals surface area contributed by atoms with Gasteiger partial charge in [-0.3, -0.25) is 4.72 Å². The number of aromatic nitrogens is 1. The van der Waals surface area contributed by atoms with Crippen LogP contribution in [0.2, 0.25) is 0 Å². The van der Waals surface area contributed by atoms with Crippen LogP contribution in [0.3, 0.4) is 0 Å². The van der Waals surface area contributed by atoms with Crippen molar-refractivity contribution in [3.63, 3.8) is 0 Å². The van der Waals surface area contributed by atoms with Crippen LogP contribution in [0, 0.1) is 6.92 Å². The van der Waals surface area contributed by atoms with Gasteiger partial charge in [0.15, 0.2) is 0 Å². The summed E-state index contributed by atoms with van der Waals surface area (Å²) in [5.74, 6) is -0.900. The first-order valence-electron chi connectivity index (χ1n) is 9.63. The number of piperazine rings is 1. The van der Waals surface area contributed by atoms with Crippen LogP contribution >= 0.6 is 0 Å². The minimum Gasteiger partial charge on any atom is -0.354 e. The van der Waals surface area contributed by atoms with Gasteiger partial charge in [-0.05, 0) is 50.6 Å². The molecule has 6 nitrogen and oxygen atoms in total. The molecule has 30 heavy (non-hydrogen) atoms. The molecule has 1 saturated heterocycles. The molecule has 1 aliphatic heterocycles. The van der Waals surface area contributed by atoms with E-state index in [0.29, 0.717) is 17.4 Å². The molecule has 10 heteroatoms. The second-order valence-corrected chi connectivity index (χ2v) is 9.22. The summed E-state index contributed by atoms with van der Waals surface area (Å²) in [5.41, 5.74) is 0.855. The predicted molar refractivity (Wildman–Crippen MR) is 110 cm³/mol. The van der Waals surface area contributed by atoms with Gasteiger partial charge >= 0.3 is 6.18 Å². The summed E-state index contributed by atoms with van der Waals surface area (Å²) < 4.78 is 66.4. The lowest BCUT2D eigenvalue weighted by atomic mass is 10.0. The number of halogens is 3. The zero-order valence-electron chi connectivity index (χ0n) is 17.0. The highest BCUT2D eigenvalue weighted by molar-refractivity contribution is 7.92. The lowest BCUT2D eigenvalue weighted by Crippen LogP contribution is -2.49. The summed E-state index contributed by atoms with van der Waals surface area (Å²) >= 11 is 0. The number of benzene rings is 1. The number of nitrogens with zero attached hydrogens (tertiary/aromatic N) is 2. The summed E-state index contributed by atoms with van der Waals surface area (Å²) in [4.78, 5) is 6.54. The van der Waals surface area contributed by atoms with Crippen molar-refractivity contribution in [1.82, 2.24) is 10.3 Å². The van der Waals surface area contributed by atoms with Crippen LogP contribution in [0.4, 0.5) is 24.7 Å². The molecule has 0 saturated carbocycles. The zero-order chi connectivity index (χ0) is 22.1. The van der Waals surface area contributed by atoms with E-state index in [2.05, 4.69) is 26.8 Å². The molecule has 1 aromatic heterocycles. The number of alkyl halides is 3. The summed E-state index contributed by atoms with van der Waals surface area (Å²) in [5, 5.41) is 3.35. The Morgan fingerprint density at radius 3 is 2.43 bits per heavy atom. The van der Waals surface area contributed by atoms with Crippen molar-refractivity contribution in [3.8, 4) is 0 Å². The second kappa shape index (κ2) is 8.43. The predicted octanol–water partition coefficient (Wildman–Crippen LogP) is 3.65. The Morgan fingerprint density at radius 1 is 1.20 bits per heavy atom. The monoisotopic (exact) mass is 442 g/mol. The highest BCUT2D eigenvalue weighted by atomic mass is 32.2. The molecule has 2 heterocycles. The van der Waals surface area contributed by atoms with Gasteiger partial charge in [0, 0.05) is 25.7 Å². The van der Waals surface area contributed by atoms with Crippen LogP contribution in [0.25, 0.3) is 0 Å². The standard InChI is InChI=1S/C20H25F3N4O2S/c1-13-12-27(11-10-24-13)19-9-8-18(15(3)25-19)26-30(28,29)17-6-4-16(5-7-17)14(2)20(21,22)23/h4-9,13-14,24,26H,10-12H2,1-3H3/t13-,14-/m0/s1. The Bertz CT molecular complexity index is 994. The molecule has 1 aromatic carbocycles. The Hall–Kier alpha value is -2.33. The van der Waals surface area contributed by atoms with E-state index in [9.17, 15) is 21.6 Å². The minimum absolute atomic E-state index is 0.00824. The first-order valence-corrected chi connectivity index (χ1v) is 11.1. The van der Waals surface area contributed by atoms with Gasteiger partial charge in [0.2, 0.25) is 0 Å². The number of sulfonamides is 1. The summed E-state index contributed by atoms with van der Waals surface area (Å²) in [6.07, 6.45) is -4.38. The third kappa shape index (κ3) is 5.04. The molecule has 0 radical (unpaired) electrons. The number of hydrogen-bond donors (Lipinski definition) is 2. The van der Waals surface area contributed by atoms with Gasteiger partial charge in [-0.25, -0.2) is 13.4 Å². The normalized spacial score (nSPS) is 18.9. The van der Waals surface area contributed by atoms with E-state index in [1.54, 1.807) is 19.1 Å². The molecule has 0 bridgehead atoms. The van der Waals surface area contributed by atoms with Crippen LogP contribution in [-0.4, -0.2) is 45.3 Å². The lowest BCUT2D eigenvalue weighted by Gasteiger charge is -2.33. The fourth-order valence-electron chi connectivity index (χ4n) is 3.30. The molecule has 164 valence electrons. The van der Waals surface area contributed by atoms with Crippen molar-refractivity contribution in [1.29, 1.82) is 0 Å². The maximum absolute atomic E-state index is 12.8. The van der Waals surface area contributed by atoms with Crippen molar-refractivity contribution in [2.45, 2.75) is 43.8 Å². The molecule has 3 rings (SSSR count). The molecule has 0 amide bonds. The Morgan fingerprint density at radius 2 is 1.87 bits per heavy atom. The van der Waals surface area contributed by atoms with E-state index in [-0.39, 0.29) is 10.5 Å². The Labute approximate surface area is 174 Å². The number of pyridine rings is 1. The third-order valence-corrected chi connectivity index (χ3v) is 6.57. The van der Waals surface area contributed by atoms with E-state index in [4.69, 9.17) is 0 Å². The van der Waals surface area contributed by atoms with Crippen molar-refractivity contribution >= 4 is 21.5 Å². The maximum atomic E-state index is 12.8. The Kier molecular flexibility index (Phi) is 6.28. The van der Waals surface area contributed by atoms with Gasteiger partial charge in [0.25, 0.3) is 10.0 Å². The van der Waals surface area contributed by atoms with E-state index >= 15 is 0 Å². The third-order valence-electron chi connectivity index (χ3n) is 5.19. The van der Waals surface area contributed by atoms with Crippen LogP contribution in [0.15, 0.2) is 41.3 Å². The molecule has 0 aliphatic carbocycles. The molecule has 2 atom stereocenters. The molecule has 0 unspecified atom stereocenters. The van der Waals surface area contributed by atoms with Crippen molar-refractivity contribution in [2.75, 3.05) is 29.3 Å². The molecular formula is C20H25F3N4O2S. The second-order valence-electron chi connectivity index (χ2n) is 7.54. The molecular weight excluding hydrogens is 417 g/mol. The van der Waals surface area contributed by atoms with Crippen molar-refractivity contribution in [3.05, 3.63) is 47.7 Å². The number of anilines is 2. The van der Waals surface area contributed by atoms with E-state index in [1.165, 1.54) is 24.3 Å². The number of hydrogen-bond acceptors (Lipinski definition) is 5. The molecule has 2 aromatic rings. The van der Waals surface area contributed by atoms with Crippen LogP contribution in [0.5, 0.6) is 0 Å². The van der Waals surface area contributed by atoms with Gasteiger partial charge in [-0.15, -0.1) is 0 Å². The van der Waals surface area contributed by atoms with E-state index < -0.39 is 22.1 Å². The van der Waals surface area contributed by atoms with Crippen molar-refractivity contribution in [2.24, 2.45) is 0 Å². The molecule has 1 fully saturated rings. The fraction of sp³-hybridized carbons (Fsp3) is 0.450. The quantitative estimate of drug-likeness (QED) is 0.740. The minimum atomic E-state index is -4.38. The Balaban J connectivity index is 1.76. The largest absolute Gasteiger partial charge is 0.395 e. The lowest BCUT2D eigenvalue weighted by molar-refractivity contribution is -0.146. The topological polar surface area (TPSA) is 74.3 Å². The van der Waals surface area contributed by atoms with Gasteiger partial charge in [0.05, 0.1) is 22.2 Å². The van der Waals surface area contributed by atoms with Gasteiger partial charge < -0.3 is 10.2 Å². The molecule has 1 aliphatic rings. The van der Waals surface area contributed by atoms with Gasteiger partial charge in [-0.2, -0.15) is 13.2 Å². The van der Waals surface area contributed by atoms with Gasteiger partial charge in [0.1, 0.15) is 5.82 Å². The average Bonchev–Trinajstić information content (AvgIpc) is 2.68. The summed E-state index contributed by atoms with van der Waals surface area (Å²) in [6.45, 7) is 7.30. The van der Waals surface area contributed by atoms with Crippen LogP contribution in [0.1, 0.15) is 31.0 Å². The van der Waals surface area contributed by atoms with Gasteiger partial charge in [-0.1, -0.05) is 12.1 Å². The zero-order valence-corrected chi connectivity index (χ0v) is 17.8. The number of nitrogens with one attached hydrogen (secondary N) is 2. The molecule has 2 N–H and O–H groups in total. The summed E-state index contributed by atoms with van der Waals surface area (Å²) in [7, 11) is -3.96. The number of rotatable bonds is 5. The smallest absolute Gasteiger partial charge is 0.354 e. The average molecular weight is 443 g/mol. The SMILES string of the molecule is Cc1nc(N2CCN[C@@H](C)C2)ccc1NS(=O)(=O)c1ccc([C@H](C)C(F)(F)F)cc1. The number of aryl methyl sites for hydroxylation is 1. The first kappa shape index (κ1) is 22.4.